The molecule has 1 aliphatic rings. The van der Waals surface area contributed by atoms with E-state index in [0.717, 1.165) is 5.56 Å². The molecule has 1 amide bonds. The molecule has 1 unspecified atom stereocenters. The molecule has 0 aromatic heterocycles. The van der Waals surface area contributed by atoms with Gasteiger partial charge in [0.1, 0.15) is 5.60 Å². The fraction of sp³-hybridized carbons (Fsp3) is 0.588. The maximum absolute atomic E-state index is 12.3. The molecule has 1 atom stereocenters. The second-order valence-electron chi connectivity index (χ2n) is 6.95. The lowest BCUT2D eigenvalue weighted by Gasteiger charge is -2.36. The zero-order valence-electron chi connectivity index (χ0n) is 15.0. The monoisotopic (exact) mass is 371 g/mol. The maximum atomic E-state index is 12.3. The molecule has 1 heterocycles. The largest absolute Gasteiger partial charge is 0.444 e. The summed E-state index contributed by atoms with van der Waals surface area (Å²) in [5, 5.41) is 0. The van der Waals surface area contributed by atoms with E-state index >= 15 is 0 Å². The van der Waals surface area contributed by atoms with Crippen molar-refractivity contribution in [3.05, 3.63) is 29.8 Å². The van der Waals surface area contributed by atoms with Crippen LogP contribution in [0.1, 0.15) is 26.3 Å². The molecule has 0 spiro atoms. The Balaban J connectivity index is 2.03. The number of rotatable bonds is 4. The number of carbonyl (C=O) groups is 1. The summed E-state index contributed by atoms with van der Waals surface area (Å²) in [6.45, 7) is 7.91. The standard InChI is InChI=1S/C17H25NO6S/c1-13-5-7-15(8-6-13)25(20,21)23-12-14-11-22-10-9-18(14)16(19)24-17(2,3)4/h5-8,14H,9-12H2,1-4H3. The van der Waals surface area contributed by atoms with Gasteiger partial charge in [-0.1, -0.05) is 17.7 Å². The molecular formula is C17H25NO6S. The first-order valence-electron chi connectivity index (χ1n) is 8.12. The zero-order chi connectivity index (χ0) is 18.7. The lowest BCUT2D eigenvalue weighted by molar-refractivity contribution is -0.0413. The summed E-state index contributed by atoms with van der Waals surface area (Å²) in [5.74, 6) is 0. The summed E-state index contributed by atoms with van der Waals surface area (Å²) < 4.78 is 40.5. The molecule has 2 rings (SSSR count). The number of carbonyl (C=O) groups excluding carboxylic acids is 1. The van der Waals surface area contributed by atoms with E-state index in [1.54, 1.807) is 32.9 Å². The molecular weight excluding hydrogens is 346 g/mol. The lowest BCUT2D eigenvalue weighted by Crippen LogP contribution is -2.52. The molecule has 1 aromatic carbocycles. The van der Waals surface area contributed by atoms with Crippen LogP contribution in [-0.4, -0.2) is 57.4 Å². The second kappa shape index (κ2) is 7.72. The van der Waals surface area contributed by atoms with Crippen molar-refractivity contribution in [1.82, 2.24) is 4.90 Å². The van der Waals surface area contributed by atoms with Crippen LogP contribution in [0, 0.1) is 6.92 Å². The van der Waals surface area contributed by atoms with Gasteiger partial charge in [-0.15, -0.1) is 0 Å². The average Bonchev–Trinajstić information content (AvgIpc) is 2.52. The summed E-state index contributed by atoms with van der Waals surface area (Å²) in [7, 11) is -3.90. The SMILES string of the molecule is Cc1ccc(S(=O)(=O)OCC2COCCN2C(=O)OC(C)(C)C)cc1. The Kier molecular flexibility index (Phi) is 6.08. The first-order valence-corrected chi connectivity index (χ1v) is 9.53. The van der Waals surface area contributed by atoms with E-state index in [1.807, 2.05) is 6.92 Å². The summed E-state index contributed by atoms with van der Waals surface area (Å²) in [5.41, 5.74) is 0.324. The highest BCUT2D eigenvalue weighted by atomic mass is 32.2. The van der Waals surface area contributed by atoms with Gasteiger partial charge in [0.05, 0.1) is 30.8 Å². The van der Waals surface area contributed by atoms with Crippen molar-refractivity contribution < 1.29 is 26.9 Å². The first kappa shape index (κ1) is 19.7. The summed E-state index contributed by atoms with van der Waals surface area (Å²) in [6.07, 6.45) is -0.503. The number of hydrogen-bond acceptors (Lipinski definition) is 6. The van der Waals surface area contributed by atoms with Gasteiger partial charge in [0.2, 0.25) is 0 Å². The average molecular weight is 371 g/mol. The van der Waals surface area contributed by atoms with Gasteiger partial charge in [-0.2, -0.15) is 8.42 Å². The van der Waals surface area contributed by atoms with E-state index in [1.165, 1.54) is 17.0 Å². The van der Waals surface area contributed by atoms with Crippen LogP contribution in [0.2, 0.25) is 0 Å². The molecule has 0 aliphatic carbocycles. The predicted octanol–water partition coefficient (Wildman–Crippen LogP) is 2.34. The third kappa shape index (κ3) is 5.69. The van der Waals surface area contributed by atoms with Gasteiger partial charge in [-0.25, -0.2) is 4.79 Å². The summed E-state index contributed by atoms with van der Waals surface area (Å²) in [4.78, 5) is 13.8. The Morgan fingerprint density at radius 2 is 1.92 bits per heavy atom. The molecule has 140 valence electrons. The Labute approximate surface area is 149 Å². The molecule has 8 heteroatoms. The van der Waals surface area contributed by atoms with Crippen molar-refractivity contribution in [1.29, 1.82) is 0 Å². The maximum Gasteiger partial charge on any atom is 0.410 e. The molecule has 0 N–H and O–H groups in total. The van der Waals surface area contributed by atoms with Gasteiger partial charge in [-0.3, -0.25) is 9.08 Å². The fourth-order valence-corrected chi connectivity index (χ4v) is 3.24. The van der Waals surface area contributed by atoms with Crippen molar-refractivity contribution in [2.24, 2.45) is 0 Å². The van der Waals surface area contributed by atoms with Gasteiger partial charge in [0.15, 0.2) is 0 Å². The van der Waals surface area contributed by atoms with Crippen molar-refractivity contribution in [3.8, 4) is 0 Å². The molecule has 1 aromatic rings. The van der Waals surface area contributed by atoms with Crippen LogP contribution < -0.4 is 0 Å². The highest BCUT2D eigenvalue weighted by Gasteiger charge is 2.32. The van der Waals surface area contributed by atoms with Crippen LogP contribution in [0.4, 0.5) is 4.79 Å². The van der Waals surface area contributed by atoms with E-state index < -0.39 is 27.9 Å². The quantitative estimate of drug-likeness (QED) is 0.756. The van der Waals surface area contributed by atoms with Gasteiger partial charge in [0, 0.05) is 6.54 Å². The molecule has 0 saturated carbocycles. The predicted molar refractivity (Wildman–Crippen MR) is 91.9 cm³/mol. The number of nitrogens with zero attached hydrogens (tertiary/aromatic N) is 1. The van der Waals surface area contributed by atoms with Crippen LogP contribution in [0.5, 0.6) is 0 Å². The smallest absolute Gasteiger partial charge is 0.410 e. The summed E-state index contributed by atoms with van der Waals surface area (Å²) >= 11 is 0. The molecule has 1 aliphatic heterocycles. The van der Waals surface area contributed by atoms with E-state index in [9.17, 15) is 13.2 Å². The van der Waals surface area contributed by atoms with Crippen molar-refractivity contribution in [3.63, 3.8) is 0 Å². The fourth-order valence-electron chi connectivity index (χ4n) is 2.29. The minimum atomic E-state index is -3.90. The minimum absolute atomic E-state index is 0.0821. The second-order valence-corrected chi connectivity index (χ2v) is 8.57. The Morgan fingerprint density at radius 3 is 2.52 bits per heavy atom. The van der Waals surface area contributed by atoms with Gasteiger partial charge < -0.3 is 9.47 Å². The molecule has 0 radical (unpaired) electrons. The van der Waals surface area contributed by atoms with Crippen molar-refractivity contribution >= 4 is 16.2 Å². The first-order chi connectivity index (χ1) is 11.6. The van der Waals surface area contributed by atoms with Crippen LogP contribution in [0.25, 0.3) is 0 Å². The van der Waals surface area contributed by atoms with E-state index in [4.69, 9.17) is 13.7 Å². The molecule has 1 fully saturated rings. The highest BCUT2D eigenvalue weighted by molar-refractivity contribution is 7.86. The van der Waals surface area contributed by atoms with E-state index in [2.05, 4.69) is 0 Å². The number of aryl methyl sites for hydroxylation is 1. The number of hydrogen-bond donors (Lipinski definition) is 0. The Hall–Kier alpha value is -1.64. The number of ether oxygens (including phenoxy) is 2. The summed E-state index contributed by atoms with van der Waals surface area (Å²) in [6, 6.07) is 5.87. The van der Waals surface area contributed by atoms with Gasteiger partial charge in [0.25, 0.3) is 10.1 Å². The van der Waals surface area contributed by atoms with Crippen LogP contribution in [-0.2, 0) is 23.8 Å². The Morgan fingerprint density at radius 1 is 1.28 bits per heavy atom. The third-order valence-electron chi connectivity index (χ3n) is 3.58. The lowest BCUT2D eigenvalue weighted by atomic mass is 10.2. The zero-order valence-corrected chi connectivity index (χ0v) is 15.8. The molecule has 0 bridgehead atoms. The van der Waals surface area contributed by atoms with Crippen molar-refractivity contribution in [2.75, 3.05) is 26.4 Å². The van der Waals surface area contributed by atoms with Gasteiger partial charge >= 0.3 is 6.09 Å². The molecule has 7 nitrogen and oxygen atoms in total. The van der Waals surface area contributed by atoms with E-state index in [-0.39, 0.29) is 18.1 Å². The molecule has 1 saturated heterocycles. The third-order valence-corrected chi connectivity index (χ3v) is 4.88. The van der Waals surface area contributed by atoms with Crippen molar-refractivity contribution in [2.45, 2.75) is 44.2 Å². The minimum Gasteiger partial charge on any atom is -0.444 e. The number of morpholine rings is 1. The number of amides is 1. The topological polar surface area (TPSA) is 82.1 Å². The van der Waals surface area contributed by atoms with E-state index in [0.29, 0.717) is 13.2 Å². The van der Waals surface area contributed by atoms with Crippen LogP contribution in [0.3, 0.4) is 0 Å². The van der Waals surface area contributed by atoms with Crippen LogP contribution >= 0.6 is 0 Å². The Bertz CT molecular complexity index is 693. The highest BCUT2D eigenvalue weighted by Crippen LogP contribution is 2.18. The van der Waals surface area contributed by atoms with Gasteiger partial charge in [-0.05, 0) is 39.8 Å². The number of benzene rings is 1. The molecule has 25 heavy (non-hydrogen) atoms. The van der Waals surface area contributed by atoms with Crippen LogP contribution in [0.15, 0.2) is 29.2 Å². The normalized spacial score (nSPS) is 18.9.